The molecule has 0 unspecified atom stereocenters. The van der Waals surface area contributed by atoms with Crippen molar-refractivity contribution >= 4 is 5.91 Å². The Morgan fingerprint density at radius 2 is 2.00 bits per heavy atom. The fraction of sp³-hybridized carbons (Fsp3) is 0.667. The maximum atomic E-state index is 10.8. The zero-order chi connectivity index (χ0) is 10.0. The van der Waals surface area contributed by atoms with Gasteiger partial charge in [-0.1, -0.05) is 6.58 Å². The summed E-state index contributed by atoms with van der Waals surface area (Å²) in [6, 6.07) is 0.523. The van der Waals surface area contributed by atoms with Crippen LogP contribution in [0.25, 0.3) is 0 Å². The van der Waals surface area contributed by atoms with Gasteiger partial charge in [0.15, 0.2) is 0 Å². The Labute approximate surface area is 79.2 Å². The first kappa shape index (κ1) is 10.1. The van der Waals surface area contributed by atoms with Crippen LogP contribution in [0.2, 0.25) is 0 Å². The highest BCUT2D eigenvalue weighted by molar-refractivity contribution is 5.74. The maximum Gasteiger partial charge on any atom is 0.222 e. The van der Waals surface area contributed by atoms with Crippen molar-refractivity contribution in [1.82, 2.24) is 15.3 Å². The van der Waals surface area contributed by atoms with Gasteiger partial charge in [-0.2, -0.15) is 0 Å². The molecule has 0 atom stereocenters. The van der Waals surface area contributed by atoms with E-state index in [0.717, 1.165) is 0 Å². The van der Waals surface area contributed by atoms with Gasteiger partial charge in [0, 0.05) is 27.1 Å². The van der Waals surface area contributed by atoms with E-state index in [2.05, 4.69) is 11.9 Å². The second-order valence-corrected chi connectivity index (χ2v) is 3.55. The van der Waals surface area contributed by atoms with Crippen molar-refractivity contribution in [2.75, 3.05) is 14.1 Å². The van der Waals surface area contributed by atoms with Crippen LogP contribution in [-0.4, -0.2) is 36.1 Å². The van der Waals surface area contributed by atoms with Gasteiger partial charge in [-0.25, -0.2) is 5.01 Å². The molecule has 13 heavy (non-hydrogen) atoms. The van der Waals surface area contributed by atoms with Gasteiger partial charge in [-0.15, -0.1) is 0 Å². The number of carbonyl (C=O) groups is 1. The minimum Gasteiger partial charge on any atom is -0.312 e. The lowest BCUT2D eigenvalue weighted by Gasteiger charge is -2.32. The predicted molar refractivity (Wildman–Crippen MR) is 51.5 cm³/mol. The van der Waals surface area contributed by atoms with Crippen molar-refractivity contribution in [3.63, 3.8) is 0 Å². The lowest BCUT2D eigenvalue weighted by Crippen LogP contribution is -2.43. The van der Waals surface area contributed by atoms with Crippen LogP contribution in [0.5, 0.6) is 0 Å². The molecule has 1 fully saturated rings. The molecule has 1 aliphatic carbocycles. The summed E-state index contributed by atoms with van der Waals surface area (Å²) < 4.78 is 0. The summed E-state index contributed by atoms with van der Waals surface area (Å²) in [5, 5.41) is 6.67. The zero-order valence-electron chi connectivity index (χ0n) is 8.50. The SMILES string of the molecule is C=C(NC(C)=O)N(C1CC1)N(C)C. The second kappa shape index (κ2) is 3.79. The third-order valence-electron chi connectivity index (χ3n) is 1.92. The molecular weight excluding hydrogens is 166 g/mol. The largest absolute Gasteiger partial charge is 0.312 e. The van der Waals surface area contributed by atoms with E-state index < -0.39 is 0 Å². The van der Waals surface area contributed by atoms with Gasteiger partial charge >= 0.3 is 0 Å². The molecule has 1 N–H and O–H groups in total. The van der Waals surface area contributed by atoms with Gasteiger partial charge in [0.2, 0.25) is 5.91 Å². The van der Waals surface area contributed by atoms with Gasteiger partial charge in [-0.05, 0) is 12.8 Å². The first-order valence-corrected chi connectivity index (χ1v) is 4.45. The van der Waals surface area contributed by atoms with Gasteiger partial charge in [0.1, 0.15) is 5.82 Å². The number of hydrogen-bond donors (Lipinski definition) is 1. The lowest BCUT2D eigenvalue weighted by molar-refractivity contribution is -0.119. The molecule has 1 aliphatic rings. The molecule has 0 bridgehead atoms. The molecule has 74 valence electrons. The number of hydrogen-bond acceptors (Lipinski definition) is 3. The van der Waals surface area contributed by atoms with E-state index in [-0.39, 0.29) is 5.91 Å². The van der Waals surface area contributed by atoms with E-state index >= 15 is 0 Å². The van der Waals surface area contributed by atoms with E-state index in [4.69, 9.17) is 0 Å². The quantitative estimate of drug-likeness (QED) is 0.646. The smallest absolute Gasteiger partial charge is 0.222 e. The third kappa shape index (κ3) is 2.73. The van der Waals surface area contributed by atoms with Crippen LogP contribution < -0.4 is 5.32 Å². The van der Waals surface area contributed by atoms with Crippen LogP contribution in [0.15, 0.2) is 12.4 Å². The highest BCUT2D eigenvalue weighted by Crippen LogP contribution is 2.29. The standard InChI is InChI=1S/C9H17N3O/c1-7(10-8(2)13)12(11(3)4)9-5-6-9/h9H,1,5-6H2,2-4H3,(H,10,13). The van der Waals surface area contributed by atoms with Crippen LogP contribution in [0.4, 0.5) is 0 Å². The molecular formula is C9H17N3O. The summed E-state index contributed by atoms with van der Waals surface area (Å²) >= 11 is 0. The lowest BCUT2D eigenvalue weighted by atomic mass is 10.5. The first-order valence-electron chi connectivity index (χ1n) is 4.45. The number of amides is 1. The van der Waals surface area contributed by atoms with Crippen LogP contribution in [0.3, 0.4) is 0 Å². The molecule has 0 heterocycles. The molecule has 1 amide bonds. The highest BCUT2D eigenvalue weighted by atomic mass is 16.1. The van der Waals surface area contributed by atoms with Crippen molar-refractivity contribution in [2.45, 2.75) is 25.8 Å². The van der Waals surface area contributed by atoms with Crippen LogP contribution in [0.1, 0.15) is 19.8 Å². The van der Waals surface area contributed by atoms with Crippen molar-refractivity contribution < 1.29 is 4.79 Å². The second-order valence-electron chi connectivity index (χ2n) is 3.55. The summed E-state index contributed by atoms with van der Waals surface area (Å²) in [5.41, 5.74) is 0. The molecule has 0 aromatic rings. The van der Waals surface area contributed by atoms with Crippen LogP contribution in [-0.2, 0) is 4.79 Å². The van der Waals surface area contributed by atoms with Gasteiger partial charge in [0.25, 0.3) is 0 Å². The van der Waals surface area contributed by atoms with Crippen molar-refractivity contribution in [3.8, 4) is 0 Å². The maximum absolute atomic E-state index is 10.8. The minimum atomic E-state index is -0.0718. The fourth-order valence-electron chi connectivity index (χ4n) is 1.37. The predicted octanol–water partition coefficient (Wildman–Crippen LogP) is 0.535. The highest BCUT2D eigenvalue weighted by Gasteiger charge is 2.31. The monoisotopic (exact) mass is 183 g/mol. The van der Waals surface area contributed by atoms with Crippen molar-refractivity contribution in [2.24, 2.45) is 0 Å². The van der Waals surface area contributed by atoms with E-state index in [0.29, 0.717) is 11.9 Å². The Kier molecular flexibility index (Phi) is 2.93. The zero-order valence-corrected chi connectivity index (χ0v) is 8.50. The fourth-order valence-corrected chi connectivity index (χ4v) is 1.37. The summed E-state index contributed by atoms with van der Waals surface area (Å²) in [5.74, 6) is 0.595. The summed E-state index contributed by atoms with van der Waals surface area (Å²) in [6.07, 6.45) is 2.35. The number of nitrogens with zero attached hydrogens (tertiary/aromatic N) is 2. The van der Waals surface area contributed by atoms with Crippen molar-refractivity contribution in [3.05, 3.63) is 12.4 Å². The first-order chi connectivity index (χ1) is 6.02. The van der Waals surface area contributed by atoms with Crippen LogP contribution in [0, 0.1) is 0 Å². The molecule has 4 nitrogen and oxygen atoms in total. The molecule has 0 spiro atoms. The number of nitrogens with one attached hydrogen (secondary N) is 1. The van der Waals surface area contributed by atoms with Gasteiger partial charge < -0.3 is 5.32 Å². The molecule has 4 heteroatoms. The molecule has 0 radical (unpaired) electrons. The number of rotatable bonds is 4. The van der Waals surface area contributed by atoms with E-state index in [1.54, 1.807) is 0 Å². The number of carbonyl (C=O) groups excluding carboxylic acids is 1. The molecule has 0 aromatic heterocycles. The Morgan fingerprint density at radius 1 is 1.46 bits per heavy atom. The number of hydrazine groups is 1. The van der Waals surface area contributed by atoms with E-state index in [1.807, 2.05) is 24.1 Å². The van der Waals surface area contributed by atoms with Gasteiger partial charge in [0.05, 0.1) is 0 Å². The topological polar surface area (TPSA) is 35.6 Å². The average Bonchev–Trinajstić information content (AvgIpc) is 2.68. The Balaban J connectivity index is 2.53. The molecule has 0 saturated heterocycles. The minimum absolute atomic E-state index is 0.0718. The molecule has 1 rings (SSSR count). The Bertz CT molecular complexity index is 219. The van der Waals surface area contributed by atoms with E-state index in [1.165, 1.54) is 19.8 Å². The molecule has 1 saturated carbocycles. The summed E-state index contributed by atoms with van der Waals surface area (Å²) in [4.78, 5) is 10.8. The summed E-state index contributed by atoms with van der Waals surface area (Å²) in [7, 11) is 3.90. The van der Waals surface area contributed by atoms with Crippen molar-refractivity contribution in [1.29, 1.82) is 0 Å². The molecule has 0 aliphatic heterocycles. The third-order valence-corrected chi connectivity index (χ3v) is 1.92. The normalized spacial score (nSPS) is 15.7. The van der Waals surface area contributed by atoms with Crippen LogP contribution >= 0.6 is 0 Å². The molecule has 0 aromatic carbocycles. The summed E-state index contributed by atoms with van der Waals surface area (Å²) in [6.45, 7) is 5.32. The van der Waals surface area contributed by atoms with Gasteiger partial charge in [-0.3, -0.25) is 9.80 Å². The van der Waals surface area contributed by atoms with E-state index in [9.17, 15) is 4.79 Å². The average molecular weight is 183 g/mol. The Hall–Kier alpha value is -1.03. The Morgan fingerprint density at radius 3 is 2.31 bits per heavy atom.